The van der Waals surface area contributed by atoms with E-state index in [-0.39, 0.29) is 66.9 Å². The molecule has 0 radical (unpaired) electrons. The van der Waals surface area contributed by atoms with Crippen molar-refractivity contribution in [2.45, 2.75) is 119 Å². The summed E-state index contributed by atoms with van der Waals surface area (Å²) in [5.41, 5.74) is 0. The molecule has 0 N–H and O–H groups in total. The van der Waals surface area contributed by atoms with Gasteiger partial charge in [-0.05, 0) is 37.0 Å². The second kappa shape index (κ2) is 98.7. The first-order valence-corrected chi connectivity index (χ1v) is 17.6. The van der Waals surface area contributed by atoms with Crippen molar-refractivity contribution in [2.75, 3.05) is 37.0 Å². The van der Waals surface area contributed by atoms with Crippen LogP contribution in [0.1, 0.15) is 119 Å². The van der Waals surface area contributed by atoms with Crippen LogP contribution in [0.15, 0.2) is 0 Å². The zero-order chi connectivity index (χ0) is 24.7. The summed E-state index contributed by atoms with van der Waals surface area (Å²) in [5, 5.41) is 0. The summed E-state index contributed by atoms with van der Waals surface area (Å²) in [7, 11) is 16.2. The molecule has 0 heterocycles. The van der Waals surface area contributed by atoms with Crippen LogP contribution in [0.4, 0.5) is 0 Å². The van der Waals surface area contributed by atoms with Gasteiger partial charge >= 0.3 is 0 Å². The third-order valence-electron chi connectivity index (χ3n) is 3.35. The summed E-state index contributed by atoms with van der Waals surface area (Å²) in [6.07, 6.45) is 23.6. The molecule has 0 aliphatic heterocycles. The number of halogens is 2. The molecule has 10 heteroatoms. The van der Waals surface area contributed by atoms with Crippen LogP contribution in [0.3, 0.4) is 0 Å². The van der Waals surface area contributed by atoms with Gasteiger partial charge in [0.15, 0.2) is 0 Å². The van der Waals surface area contributed by atoms with Gasteiger partial charge in [-0.1, -0.05) is 119 Å². The van der Waals surface area contributed by atoms with E-state index in [4.69, 9.17) is 0 Å². The van der Waals surface area contributed by atoms with Crippen molar-refractivity contribution in [3.8, 4) is 0 Å². The minimum atomic E-state index is 0. The predicted octanol–water partition coefficient (Wildman–Crippen LogP) is 3.97. The molecule has 0 amide bonds. The quantitative estimate of drug-likeness (QED) is 0.207. The van der Waals surface area contributed by atoms with E-state index >= 15 is 0 Å². The molecule has 6 atom stereocenters. The summed E-state index contributed by atoms with van der Waals surface area (Å²) in [6, 6.07) is 0. The molecule has 0 aliphatic rings. The summed E-state index contributed by atoms with van der Waals surface area (Å²) in [4.78, 5) is 0. The molecule has 0 bridgehead atoms. The van der Waals surface area contributed by atoms with Crippen LogP contribution in [0.2, 0.25) is 0 Å². The predicted molar refractivity (Wildman–Crippen MR) is 177 cm³/mol. The Kier molecular flexibility index (Phi) is 193. The van der Waals surface area contributed by atoms with Crippen LogP contribution >= 0.6 is 55.4 Å². The molecular weight excluding hydrogens is 751 g/mol. The van der Waals surface area contributed by atoms with Crippen molar-refractivity contribution < 1.29 is 66.9 Å². The Bertz CT molecular complexity index is 135. The van der Waals surface area contributed by atoms with Crippen molar-refractivity contribution in [1.29, 1.82) is 0 Å². The second-order valence-corrected chi connectivity index (χ2v) is 10.3. The van der Waals surface area contributed by atoms with E-state index in [2.05, 4.69) is 97.0 Å². The zero-order valence-corrected chi connectivity index (χ0v) is 35.7. The average molecular weight is 818 g/mol. The van der Waals surface area contributed by atoms with Gasteiger partial charge < -0.3 is 34.0 Å². The molecule has 0 aromatic heterocycles. The van der Waals surface area contributed by atoms with Crippen LogP contribution in [-0.4, -0.2) is 37.0 Å². The van der Waals surface area contributed by atoms with Crippen molar-refractivity contribution in [3.05, 3.63) is 0 Å². The minimum absolute atomic E-state index is 0. The summed E-state index contributed by atoms with van der Waals surface area (Å²) < 4.78 is 0. The van der Waals surface area contributed by atoms with Gasteiger partial charge in [-0.3, -0.25) is 0 Å². The SMILES string of the molecule is CCCCP.CCCCP.CCCCP.CCCCP.CCCCP.CCCCP.[Br-].[Br-].[Ni].[Ni]. The maximum absolute atomic E-state index is 2.70. The largest absolute Gasteiger partial charge is 1.00 e. The Labute approximate surface area is 275 Å². The van der Waals surface area contributed by atoms with Gasteiger partial charge in [-0.15, -0.1) is 55.4 Å². The molecular formula is C24H66Br2Ni2P6-2. The molecule has 34 heavy (non-hydrogen) atoms. The summed E-state index contributed by atoms with van der Waals surface area (Å²) in [6.45, 7) is 13.2. The summed E-state index contributed by atoms with van der Waals surface area (Å²) in [5.74, 6) is 0. The van der Waals surface area contributed by atoms with Crippen molar-refractivity contribution in [3.63, 3.8) is 0 Å². The van der Waals surface area contributed by atoms with Crippen LogP contribution in [0, 0.1) is 0 Å². The first-order valence-electron chi connectivity index (χ1n) is 12.7. The molecule has 0 aromatic rings. The smallest absolute Gasteiger partial charge is 0 e. The van der Waals surface area contributed by atoms with Crippen LogP contribution in [0.5, 0.6) is 0 Å². The molecule has 0 aromatic carbocycles. The second-order valence-electron chi connectivity index (χ2n) is 6.85. The maximum Gasteiger partial charge on any atom is 0 e. The Morgan fingerprint density at radius 3 is 0.382 bits per heavy atom. The number of hydrogen-bond acceptors (Lipinski definition) is 0. The number of unbranched alkanes of at least 4 members (excludes halogenated alkanes) is 6. The fraction of sp³-hybridized carbons (Fsp3) is 1.00. The van der Waals surface area contributed by atoms with Crippen LogP contribution < -0.4 is 34.0 Å². The van der Waals surface area contributed by atoms with E-state index in [9.17, 15) is 0 Å². The van der Waals surface area contributed by atoms with Crippen molar-refractivity contribution in [1.82, 2.24) is 0 Å². The Hall–Kier alpha value is 4.53. The van der Waals surface area contributed by atoms with Gasteiger partial charge in [0, 0.05) is 33.0 Å². The van der Waals surface area contributed by atoms with Crippen molar-refractivity contribution in [2.24, 2.45) is 0 Å². The monoisotopic (exact) mass is 814 g/mol. The number of hydrogen-bond donors (Lipinski definition) is 0. The Balaban J connectivity index is -0.0000000248. The van der Waals surface area contributed by atoms with Gasteiger partial charge in [-0.2, -0.15) is 0 Å². The Morgan fingerprint density at radius 1 is 0.294 bits per heavy atom. The molecule has 0 nitrogen and oxygen atoms in total. The normalized spacial score (nSPS) is 7.41. The standard InChI is InChI=1S/6C4H11P.2BrH.2Ni/c6*1-2-3-4-5;;;;/h6*2-5H2,1H3;2*1H;;/p-2. The van der Waals surface area contributed by atoms with Crippen molar-refractivity contribution >= 4 is 55.4 Å². The first kappa shape index (κ1) is 66.7. The Morgan fingerprint density at radius 2 is 0.382 bits per heavy atom. The van der Waals surface area contributed by atoms with Gasteiger partial charge in [-0.25, -0.2) is 0 Å². The first-order chi connectivity index (χ1) is 14.5. The molecule has 228 valence electrons. The molecule has 0 fully saturated rings. The van der Waals surface area contributed by atoms with Gasteiger partial charge in [0.25, 0.3) is 0 Å². The van der Waals surface area contributed by atoms with Gasteiger partial charge in [0.2, 0.25) is 0 Å². The molecule has 0 rings (SSSR count). The molecule has 0 aliphatic carbocycles. The fourth-order valence-electron chi connectivity index (χ4n) is 1.22. The minimum Gasteiger partial charge on any atom is -1.00 e. The van der Waals surface area contributed by atoms with E-state index in [0.29, 0.717) is 0 Å². The molecule has 0 spiro atoms. The zero-order valence-electron chi connectivity index (χ0n) is 23.6. The average Bonchev–Trinajstić information content (AvgIpc) is 2.74. The third-order valence-corrected chi connectivity index (χ3v) is 5.80. The van der Waals surface area contributed by atoms with E-state index in [0.717, 1.165) is 0 Å². The number of rotatable bonds is 12. The fourth-order valence-corrected chi connectivity index (χ4v) is 3.67. The van der Waals surface area contributed by atoms with Crippen LogP contribution in [0.25, 0.3) is 0 Å². The molecule has 6 unspecified atom stereocenters. The topological polar surface area (TPSA) is 0 Å². The van der Waals surface area contributed by atoms with Crippen LogP contribution in [-0.2, 0) is 33.0 Å². The van der Waals surface area contributed by atoms with Gasteiger partial charge in [0.1, 0.15) is 0 Å². The van der Waals surface area contributed by atoms with E-state index in [1.807, 2.05) is 0 Å². The third kappa shape index (κ3) is 169. The maximum atomic E-state index is 2.70. The van der Waals surface area contributed by atoms with E-state index in [1.54, 1.807) is 0 Å². The van der Waals surface area contributed by atoms with E-state index in [1.165, 1.54) is 114 Å². The molecule has 0 saturated carbocycles. The summed E-state index contributed by atoms with van der Waals surface area (Å²) >= 11 is 0. The van der Waals surface area contributed by atoms with E-state index < -0.39 is 0 Å². The molecule has 0 saturated heterocycles. The van der Waals surface area contributed by atoms with Gasteiger partial charge in [0.05, 0.1) is 0 Å².